The second-order valence-corrected chi connectivity index (χ2v) is 8.73. The molecule has 2 rings (SSSR count). The van der Waals surface area contributed by atoms with Gasteiger partial charge in [0.25, 0.3) is 5.56 Å². The highest BCUT2D eigenvalue weighted by molar-refractivity contribution is 5.88. The number of halogens is 1. The Labute approximate surface area is 208 Å². The lowest BCUT2D eigenvalue weighted by atomic mass is 9.89. The minimum atomic E-state index is -2.10. The van der Waals surface area contributed by atoms with Gasteiger partial charge in [-0.2, -0.15) is 4.39 Å². The van der Waals surface area contributed by atoms with E-state index in [0.717, 1.165) is 25.7 Å². The zero-order valence-corrected chi connectivity index (χ0v) is 21.0. The van der Waals surface area contributed by atoms with E-state index < -0.39 is 72.5 Å². The van der Waals surface area contributed by atoms with Gasteiger partial charge in [0.1, 0.15) is 18.9 Å². The number of hydrogen-bond donors (Lipinski definition) is 1. The van der Waals surface area contributed by atoms with Gasteiger partial charge in [0.15, 0.2) is 18.1 Å². The van der Waals surface area contributed by atoms with Crippen LogP contribution in [0.2, 0.25) is 0 Å². The van der Waals surface area contributed by atoms with Gasteiger partial charge in [-0.15, -0.1) is 0 Å². The zero-order chi connectivity index (χ0) is 26.9. The highest BCUT2D eigenvalue weighted by atomic mass is 19.1. The minimum Gasteiger partial charge on any atom is -0.463 e. The molecule has 1 aromatic heterocycles. The first kappa shape index (κ1) is 29.4. The number of aromatic nitrogens is 2. The van der Waals surface area contributed by atoms with Crippen LogP contribution in [0.15, 0.2) is 15.8 Å². The van der Waals surface area contributed by atoms with Crippen LogP contribution >= 0.6 is 0 Å². The van der Waals surface area contributed by atoms with Crippen molar-refractivity contribution in [3.8, 4) is 0 Å². The van der Waals surface area contributed by atoms with Gasteiger partial charge in [0, 0.05) is 25.7 Å². The molecule has 0 aliphatic carbocycles. The Morgan fingerprint density at radius 2 is 1.78 bits per heavy atom. The summed E-state index contributed by atoms with van der Waals surface area (Å²) in [6, 6.07) is 0. The summed E-state index contributed by atoms with van der Waals surface area (Å²) in [7, 11) is 0. The molecule has 0 spiro atoms. The van der Waals surface area contributed by atoms with Crippen molar-refractivity contribution in [1.29, 1.82) is 0 Å². The average Bonchev–Trinajstić information content (AvgIpc) is 3.21. The number of Topliss-reactive ketones (excluding diaryl/α,β-unsaturated/α-hetero) is 1. The Morgan fingerprint density at radius 1 is 1.08 bits per heavy atom. The van der Waals surface area contributed by atoms with E-state index in [0.29, 0.717) is 21.8 Å². The van der Waals surface area contributed by atoms with Crippen LogP contribution in [0.1, 0.15) is 84.8 Å². The van der Waals surface area contributed by atoms with Crippen LogP contribution in [-0.4, -0.2) is 50.3 Å². The van der Waals surface area contributed by atoms with E-state index in [4.69, 9.17) is 14.2 Å². The fourth-order valence-electron chi connectivity index (χ4n) is 3.95. The van der Waals surface area contributed by atoms with Gasteiger partial charge < -0.3 is 19.3 Å². The molecule has 11 nitrogen and oxygen atoms in total. The highest BCUT2D eigenvalue weighted by Crippen LogP contribution is 2.37. The summed E-state index contributed by atoms with van der Waals surface area (Å²) in [4.78, 5) is 61.3. The number of aliphatic hydroxyl groups is 1. The van der Waals surface area contributed by atoms with Crippen molar-refractivity contribution >= 4 is 17.7 Å². The van der Waals surface area contributed by atoms with Crippen molar-refractivity contribution in [2.24, 2.45) is 0 Å². The molecule has 0 saturated carbocycles. The number of hydrogen-bond acceptors (Lipinski definition) is 9. The molecule has 1 fully saturated rings. The molecule has 3 atom stereocenters. The molecule has 0 unspecified atom stereocenters. The standard InChI is InChI=1S/C24H35FN2O9/c1-4-7-8-9-10-11-21(30)35-15-27-22(31)16(25)13-26(23(27)32)19-12-24(33,17(28)5-2)18(36-19)14-34-20(29)6-3/h13,18-19,33H,4-12,14-15H2,1-3H3/t18-,19-,24-/m1/s1. The first-order valence-corrected chi connectivity index (χ1v) is 12.3. The molecule has 0 amide bonds. The monoisotopic (exact) mass is 514 g/mol. The summed E-state index contributed by atoms with van der Waals surface area (Å²) >= 11 is 0. The van der Waals surface area contributed by atoms with Gasteiger partial charge in [-0.05, 0) is 6.42 Å². The molecule has 0 aromatic carbocycles. The minimum absolute atomic E-state index is 0.0589. The van der Waals surface area contributed by atoms with Gasteiger partial charge in [0.2, 0.25) is 5.82 Å². The Kier molecular flexibility index (Phi) is 11.0. The number of esters is 2. The predicted octanol–water partition coefficient (Wildman–Crippen LogP) is 1.96. The van der Waals surface area contributed by atoms with E-state index >= 15 is 0 Å². The van der Waals surface area contributed by atoms with E-state index in [1.165, 1.54) is 6.92 Å². The Balaban J connectivity index is 2.22. The van der Waals surface area contributed by atoms with Crippen molar-refractivity contribution in [1.82, 2.24) is 9.13 Å². The fraction of sp³-hybridized carbons (Fsp3) is 0.708. The summed E-state index contributed by atoms with van der Waals surface area (Å²) in [6.45, 7) is 3.89. The van der Waals surface area contributed by atoms with Gasteiger partial charge >= 0.3 is 17.6 Å². The molecule has 1 aliphatic heterocycles. The van der Waals surface area contributed by atoms with E-state index in [1.807, 2.05) is 0 Å². The predicted molar refractivity (Wildman–Crippen MR) is 124 cm³/mol. The van der Waals surface area contributed by atoms with E-state index in [-0.39, 0.29) is 19.3 Å². The maximum Gasteiger partial charge on any atom is 0.336 e. The number of ether oxygens (including phenoxy) is 3. The lowest BCUT2D eigenvalue weighted by Crippen LogP contribution is -2.48. The van der Waals surface area contributed by atoms with E-state index in [1.54, 1.807) is 6.92 Å². The number of carbonyl (C=O) groups excluding carboxylic acids is 3. The van der Waals surface area contributed by atoms with Crippen molar-refractivity contribution < 1.29 is 38.1 Å². The second kappa shape index (κ2) is 13.4. The molecule has 0 bridgehead atoms. The Hall–Kier alpha value is -2.86. The van der Waals surface area contributed by atoms with Crippen LogP contribution in [-0.2, 0) is 35.3 Å². The summed E-state index contributed by atoms with van der Waals surface area (Å²) in [5.41, 5.74) is -4.45. The van der Waals surface area contributed by atoms with Gasteiger partial charge in [0.05, 0.1) is 6.20 Å². The van der Waals surface area contributed by atoms with Crippen molar-refractivity contribution in [2.45, 2.75) is 103 Å². The third-order valence-electron chi connectivity index (χ3n) is 6.13. The van der Waals surface area contributed by atoms with Crippen LogP contribution in [0.25, 0.3) is 0 Å². The van der Waals surface area contributed by atoms with Gasteiger partial charge in [-0.1, -0.05) is 46.5 Å². The lowest BCUT2D eigenvalue weighted by Gasteiger charge is -2.25. The molecular weight excluding hydrogens is 479 g/mol. The SMILES string of the molecule is CCCCCCCC(=O)OCn1c(=O)c(F)cn([C@H]2C[C@@](O)(C(=O)CC)[C@@H](COC(=O)CC)O2)c1=O. The molecule has 0 radical (unpaired) electrons. The third-order valence-corrected chi connectivity index (χ3v) is 6.13. The third kappa shape index (κ3) is 7.10. The van der Waals surface area contributed by atoms with Crippen LogP contribution in [0.4, 0.5) is 4.39 Å². The first-order valence-electron chi connectivity index (χ1n) is 12.3. The van der Waals surface area contributed by atoms with E-state index in [9.17, 15) is 33.5 Å². The maximum atomic E-state index is 14.4. The first-order chi connectivity index (χ1) is 17.1. The molecule has 1 aliphatic rings. The largest absolute Gasteiger partial charge is 0.463 e. The van der Waals surface area contributed by atoms with Crippen molar-refractivity contribution in [3.63, 3.8) is 0 Å². The molecule has 36 heavy (non-hydrogen) atoms. The van der Waals surface area contributed by atoms with Crippen molar-refractivity contribution in [2.75, 3.05) is 6.61 Å². The Bertz CT molecular complexity index is 1050. The molecular formula is C24H35FN2O9. The van der Waals surface area contributed by atoms with Crippen LogP contribution in [0.5, 0.6) is 0 Å². The summed E-state index contributed by atoms with van der Waals surface area (Å²) < 4.78 is 31.2. The number of ketones is 1. The van der Waals surface area contributed by atoms with Gasteiger partial charge in [-0.25, -0.2) is 9.36 Å². The maximum absolute atomic E-state index is 14.4. The zero-order valence-electron chi connectivity index (χ0n) is 21.0. The number of nitrogens with zero attached hydrogens (tertiary/aromatic N) is 2. The van der Waals surface area contributed by atoms with Gasteiger partial charge in [-0.3, -0.25) is 23.7 Å². The molecule has 1 N–H and O–H groups in total. The number of carbonyl (C=O) groups is 3. The quantitative estimate of drug-likeness (QED) is 0.291. The fourth-order valence-corrected chi connectivity index (χ4v) is 3.95. The molecule has 12 heteroatoms. The van der Waals surface area contributed by atoms with Crippen molar-refractivity contribution in [3.05, 3.63) is 32.9 Å². The average molecular weight is 515 g/mol. The van der Waals surface area contributed by atoms with Crippen LogP contribution < -0.4 is 11.2 Å². The highest BCUT2D eigenvalue weighted by Gasteiger charge is 2.53. The van der Waals surface area contributed by atoms with Crippen LogP contribution in [0, 0.1) is 5.82 Å². The Morgan fingerprint density at radius 3 is 2.42 bits per heavy atom. The second-order valence-electron chi connectivity index (χ2n) is 8.73. The topological polar surface area (TPSA) is 143 Å². The summed E-state index contributed by atoms with van der Waals surface area (Å²) in [5, 5.41) is 11.0. The molecule has 1 aromatic rings. The summed E-state index contributed by atoms with van der Waals surface area (Å²) in [5.74, 6) is -3.15. The van der Waals surface area contributed by atoms with Crippen LogP contribution in [0.3, 0.4) is 0 Å². The normalized spacial score (nSPS) is 21.4. The number of unbranched alkanes of at least 4 members (excludes halogenated alkanes) is 4. The van der Waals surface area contributed by atoms with E-state index in [2.05, 4.69) is 6.92 Å². The molecule has 1 saturated heterocycles. The molecule has 2 heterocycles. The summed E-state index contributed by atoms with van der Waals surface area (Å²) in [6.07, 6.45) is 2.10. The lowest BCUT2D eigenvalue weighted by molar-refractivity contribution is -0.159. The smallest absolute Gasteiger partial charge is 0.336 e. The molecule has 202 valence electrons. The number of rotatable bonds is 14.